The molecule has 2 aromatic rings. The maximum Gasteiger partial charge on any atom is 0.115 e. The Kier molecular flexibility index (Phi) is 4.35. The molecule has 1 aliphatic heterocycles. The number of rotatable bonds is 4. The van der Waals surface area contributed by atoms with Crippen LogP contribution in [-0.2, 0) is 13.0 Å². The summed E-state index contributed by atoms with van der Waals surface area (Å²) in [5.74, 6) is 0. The lowest BCUT2D eigenvalue weighted by Gasteiger charge is -2.33. The van der Waals surface area contributed by atoms with Crippen molar-refractivity contribution in [2.24, 2.45) is 0 Å². The molecule has 0 saturated carbocycles. The molecule has 104 valence electrons. The van der Waals surface area contributed by atoms with E-state index >= 15 is 0 Å². The summed E-state index contributed by atoms with van der Waals surface area (Å²) in [4.78, 5) is 10.7. The largest absolute Gasteiger partial charge is 0.311 e. The molecule has 2 heterocycles. The summed E-state index contributed by atoms with van der Waals surface area (Å²) in [5, 5.41) is 3.61. The van der Waals surface area contributed by atoms with Crippen LogP contribution in [-0.4, -0.2) is 40.5 Å². The highest BCUT2D eigenvalue weighted by molar-refractivity contribution is 5.16. The van der Waals surface area contributed by atoms with Crippen LogP contribution in [0.15, 0.2) is 48.9 Å². The van der Waals surface area contributed by atoms with Gasteiger partial charge in [-0.15, -0.1) is 0 Å². The van der Waals surface area contributed by atoms with E-state index < -0.39 is 0 Å². The molecule has 1 aliphatic rings. The van der Waals surface area contributed by atoms with Crippen LogP contribution in [0.3, 0.4) is 0 Å². The van der Waals surface area contributed by atoms with Crippen LogP contribution in [0.2, 0.25) is 0 Å². The molecule has 1 aromatic heterocycles. The lowest BCUT2D eigenvalue weighted by molar-refractivity contribution is 0.190. The van der Waals surface area contributed by atoms with E-state index in [0.717, 1.165) is 38.3 Å². The summed E-state index contributed by atoms with van der Waals surface area (Å²) < 4.78 is 0. The van der Waals surface area contributed by atoms with Crippen LogP contribution in [0.4, 0.5) is 0 Å². The zero-order chi connectivity index (χ0) is 13.6. The molecule has 0 amide bonds. The highest BCUT2D eigenvalue weighted by Gasteiger charge is 2.19. The SMILES string of the molecule is c1ccc(CC2CN(Cc3ccncn3)CCN2)cc1. The number of benzene rings is 1. The maximum atomic E-state index is 4.31. The van der Waals surface area contributed by atoms with Crippen molar-refractivity contribution < 1.29 is 0 Å². The van der Waals surface area contributed by atoms with Gasteiger partial charge in [0.25, 0.3) is 0 Å². The van der Waals surface area contributed by atoms with Crippen LogP contribution < -0.4 is 5.32 Å². The molecule has 0 spiro atoms. The first-order chi connectivity index (χ1) is 9.90. The molecule has 20 heavy (non-hydrogen) atoms. The topological polar surface area (TPSA) is 41.1 Å². The Hall–Kier alpha value is -1.78. The molecule has 1 atom stereocenters. The normalized spacial score (nSPS) is 19.9. The molecule has 1 unspecified atom stereocenters. The van der Waals surface area contributed by atoms with E-state index in [2.05, 4.69) is 50.5 Å². The summed E-state index contributed by atoms with van der Waals surface area (Å²) >= 11 is 0. The van der Waals surface area contributed by atoms with Crippen molar-refractivity contribution in [1.82, 2.24) is 20.2 Å². The van der Waals surface area contributed by atoms with Crippen LogP contribution in [0.5, 0.6) is 0 Å². The monoisotopic (exact) mass is 268 g/mol. The predicted molar refractivity (Wildman–Crippen MR) is 79.2 cm³/mol. The van der Waals surface area contributed by atoms with Gasteiger partial charge in [-0.05, 0) is 18.1 Å². The van der Waals surface area contributed by atoms with Crippen LogP contribution in [0.25, 0.3) is 0 Å². The van der Waals surface area contributed by atoms with Gasteiger partial charge in [0.15, 0.2) is 0 Å². The van der Waals surface area contributed by atoms with Gasteiger partial charge in [-0.1, -0.05) is 30.3 Å². The average molecular weight is 268 g/mol. The van der Waals surface area contributed by atoms with E-state index in [1.165, 1.54) is 5.56 Å². The Morgan fingerprint density at radius 3 is 2.90 bits per heavy atom. The van der Waals surface area contributed by atoms with E-state index in [0.29, 0.717) is 6.04 Å². The summed E-state index contributed by atoms with van der Waals surface area (Å²) in [5.41, 5.74) is 2.49. The van der Waals surface area contributed by atoms with Gasteiger partial charge in [-0.2, -0.15) is 0 Å². The molecule has 1 aromatic carbocycles. The third kappa shape index (κ3) is 3.62. The molecule has 4 nitrogen and oxygen atoms in total. The zero-order valence-electron chi connectivity index (χ0n) is 11.6. The lowest BCUT2D eigenvalue weighted by Crippen LogP contribution is -2.51. The Labute approximate surface area is 119 Å². The van der Waals surface area contributed by atoms with Crippen molar-refractivity contribution in [2.75, 3.05) is 19.6 Å². The Balaban J connectivity index is 1.57. The standard InChI is InChI=1S/C16H20N4/c1-2-4-14(5-3-1)10-16-12-20(9-8-18-16)11-15-6-7-17-13-19-15/h1-7,13,16,18H,8-12H2. The molecule has 0 bridgehead atoms. The number of nitrogens with zero attached hydrogens (tertiary/aromatic N) is 3. The minimum atomic E-state index is 0.521. The smallest absolute Gasteiger partial charge is 0.115 e. The first kappa shape index (κ1) is 13.2. The first-order valence-electron chi connectivity index (χ1n) is 7.15. The second-order valence-electron chi connectivity index (χ2n) is 5.28. The number of hydrogen-bond donors (Lipinski definition) is 1. The Bertz CT molecular complexity index is 467. The Morgan fingerprint density at radius 1 is 1.20 bits per heavy atom. The molecule has 4 heteroatoms. The van der Waals surface area contributed by atoms with Gasteiger partial charge < -0.3 is 5.32 Å². The molecular weight excluding hydrogens is 248 g/mol. The lowest BCUT2D eigenvalue weighted by atomic mass is 10.0. The van der Waals surface area contributed by atoms with Crippen molar-refractivity contribution in [2.45, 2.75) is 19.0 Å². The maximum absolute atomic E-state index is 4.31. The van der Waals surface area contributed by atoms with Gasteiger partial charge in [0.2, 0.25) is 0 Å². The minimum absolute atomic E-state index is 0.521. The van der Waals surface area contributed by atoms with E-state index in [-0.39, 0.29) is 0 Å². The molecule has 0 aliphatic carbocycles. The fourth-order valence-electron chi connectivity index (χ4n) is 2.71. The van der Waals surface area contributed by atoms with Gasteiger partial charge in [-0.25, -0.2) is 9.97 Å². The van der Waals surface area contributed by atoms with Gasteiger partial charge in [-0.3, -0.25) is 4.90 Å². The summed E-state index contributed by atoms with van der Waals surface area (Å²) in [7, 11) is 0. The molecule has 1 saturated heterocycles. The van der Waals surface area contributed by atoms with Crippen molar-refractivity contribution in [3.05, 3.63) is 60.2 Å². The third-order valence-electron chi connectivity index (χ3n) is 3.69. The summed E-state index contributed by atoms with van der Waals surface area (Å²) in [6.45, 7) is 4.10. The van der Waals surface area contributed by atoms with E-state index in [1.54, 1.807) is 6.33 Å². The van der Waals surface area contributed by atoms with Crippen LogP contribution >= 0.6 is 0 Å². The molecular formula is C16H20N4. The molecule has 3 rings (SSSR count). The number of piperazine rings is 1. The van der Waals surface area contributed by atoms with Gasteiger partial charge >= 0.3 is 0 Å². The van der Waals surface area contributed by atoms with Gasteiger partial charge in [0.1, 0.15) is 6.33 Å². The van der Waals surface area contributed by atoms with Gasteiger partial charge in [0.05, 0.1) is 5.69 Å². The highest BCUT2D eigenvalue weighted by Crippen LogP contribution is 2.09. The van der Waals surface area contributed by atoms with Crippen LogP contribution in [0.1, 0.15) is 11.3 Å². The summed E-state index contributed by atoms with van der Waals surface area (Å²) in [6.07, 6.45) is 4.52. The molecule has 0 radical (unpaired) electrons. The second-order valence-corrected chi connectivity index (χ2v) is 5.28. The van der Waals surface area contributed by atoms with Crippen molar-refractivity contribution >= 4 is 0 Å². The highest BCUT2D eigenvalue weighted by atomic mass is 15.2. The van der Waals surface area contributed by atoms with Crippen LogP contribution in [0, 0.1) is 0 Å². The zero-order valence-corrected chi connectivity index (χ0v) is 11.6. The molecule has 1 N–H and O–H groups in total. The average Bonchev–Trinajstić information content (AvgIpc) is 2.50. The quantitative estimate of drug-likeness (QED) is 0.912. The third-order valence-corrected chi connectivity index (χ3v) is 3.69. The van der Waals surface area contributed by atoms with Crippen molar-refractivity contribution in [3.8, 4) is 0 Å². The predicted octanol–water partition coefficient (Wildman–Crippen LogP) is 1.49. The number of hydrogen-bond acceptors (Lipinski definition) is 4. The fourth-order valence-corrected chi connectivity index (χ4v) is 2.71. The minimum Gasteiger partial charge on any atom is -0.311 e. The summed E-state index contributed by atoms with van der Waals surface area (Å²) in [6, 6.07) is 13.2. The number of nitrogens with one attached hydrogen (secondary N) is 1. The molecule has 1 fully saturated rings. The number of aromatic nitrogens is 2. The fraction of sp³-hybridized carbons (Fsp3) is 0.375. The van der Waals surface area contributed by atoms with Gasteiger partial charge in [0, 0.05) is 38.4 Å². The van der Waals surface area contributed by atoms with E-state index in [9.17, 15) is 0 Å². The van der Waals surface area contributed by atoms with Crippen molar-refractivity contribution in [1.29, 1.82) is 0 Å². The van der Waals surface area contributed by atoms with E-state index in [1.807, 2.05) is 12.3 Å². The first-order valence-corrected chi connectivity index (χ1v) is 7.15. The second kappa shape index (κ2) is 6.59. The Morgan fingerprint density at radius 2 is 2.10 bits per heavy atom. The van der Waals surface area contributed by atoms with E-state index in [4.69, 9.17) is 0 Å². The van der Waals surface area contributed by atoms with Crippen molar-refractivity contribution in [3.63, 3.8) is 0 Å².